The first kappa shape index (κ1) is 15.2. The maximum absolute atomic E-state index is 4.62. The van der Waals surface area contributed by atoms with Crippen molar-refractivity contribution >= 4 is 23.4 Å². The Hall–Kier alpha value is -1.16. The standard InChI is InChI=1S/C16H25N3S/c1-2-3-4-5-12-20-15-9-6-8-14(13-15)19-16-17-10-7-11-18-16/h6,8-9,13H,2-5,7,10-12H2,1H3,(H2,17,18,19). The van der Waals surface area contributed by atoms with E-state index in [-0.39, 0.29) is 0 Å². The largest absolute Gasteiger partial charge is 0.356 e. The normalized spacial score (nSPS) is 14.6. The lowest BCUT2D eigenvalue weighted by Gasteiger charge is -2.17. The molecule has 2 rings (SSSR count). The Morgan fingerprint density at radius 3 is 2.80 bits per heavy atom. The summed E-state index contributed by atoms with van der Waals surface area (Å²) in [5.41, 5.74) is 1.03. The first-order valence-corrected chi connectivity index (χ1v) is 8.66. The molecule has 0 aromatic heterocycles. The molecule has 0 atom stereocenters. The maximum Gasteiger partial charge on any atom is 0.196 e. The monoisotopic (exact) mass is 291 g/mol. The Labute approximate surface area is 126 Å². The lowest BCUT2D eigenvalue weighted by molar-refractivity contribution is 0.668. The molecule has 0 radical (unpaired) electrons. The van der Waals surface area contributed by atoms with Crippen LogP contribution in [0.3, 0.4) is 0 Å². The van der Waals surface area contributed by atoms with Crippen molar-refractivity contribution in [3.8, 4) is 0 Å². The molecule has 0 spiro atoms. The maximum atomic E-state index is 4.62. The second-order valence-corrected chi connectivity index (χ2v) is 6.24. The van der Waals surface area contributed by atoms with Gasteiger partial charge in [0.2, 0.25) is 0 Å². The van der Waals surface area contributed by atoms with Crippen LogP contribution in [0.15, 0.2) is 34.2 Å². The van der Waals surface area contributed by atoms with E-state index >= 15 is 0 Å². The number of hydrogen-bond acceptors (Lipinski definition) is 2. The zero-order chi connectivity index (χ0) is 14.0. The number of thioether (sulfide) groups is 1. The van der Waals surface area contributed by atoms with Crippen LogP contribution in [0.1, 0.15) is 39.0 Å². The fourth-order valence-corrected chi connectivity index (χ4v) is 3.10. The highest BCUT2D eigenvalue weighted by Gasteiger charge is 2.04. The molecule has 4 heteroatoms. The third-order valence-electron chi connectivity index (χ3n) is 3.26. The van der Waals surface area contributed by atoms with Gasteiger partial charge >= 0.3 is 0 Å². The lowest BCUT2D eigenvalue weighted by Crippen LogP contribution is -2.43. The second kappa shape index (κ2) is 8.90. The number of aliphatic imine (C=N–C) groups is 1. The van der Waals surface area contributed by atoms with Crippen molar-refractivity contribution in [2.75, 3.05) is 18.8 Å². The molecule has 0 unspecified atom stereocenters. The molecule has 0 amide bonds. The lowest BCUT2D eigenvalue weighted by atomic mass is 10.2. The number of nitrogens with zero attached hydrogens (tertiary/aromatic N) is 1. The minimum atomic E-state index is 0.904. The Kier molecular flexibility index (Phi) is 6.78. The molecule has 1 aliphatic rings. The minimum absolute atomic E-state index is 0.904. The second-order valence-electron chi connectivity index (χ2n) is 5.07. The number of unbranched alkanes of at least 4 members (excludes halogenated alkanes) is 3. The van der Waals surface area contributed by atoms with Crippen molar-refractivity contribution < 1.29 is 0 Å². The average molecular weight is 291 g/mol. The summed E-state index contributed by atoms with van der Waals surface area (Å²) >= 11 is 1.94. The molecule has 1 heterocycles. The number of hydrogen-bond donors (Lipinski definition) is 2. The third-order valence-corrected chi connectivity index (χ3v) is 4.34. The first-order valence-electron chi connectivity index (χ1n) is 7.68. The van der Waals surface area contributed by atoms with E-state index in [1.54, 1.807) is 0 Å². The van der Waals surface area contributed by atoms with Gasteiger partial charge in [-0.15, -0.1) is 11.8 Å². The number of benzene rings is 1. The van der Waals surface area contributed by atoms with Crippen LogP contribution >= 0.6 is 11.8 Å². The number of rotatable bonds is 7. The summed E-state index contributed by atoms with van der Waals surface area (Å²) in [5, 5.41) is 6.57. The van der Waals surface area contributed by atoms with Crippen LogP contribution in [0.25, 0.3) is 0 Å². The van der Waals surface area contributed by atoms with Crippen LogP contribution in [0, 0.1) is 0 Å². The molecule has 110 valence electrons. The highest BCUT2D eigenvalue weighted by atomic mass is 32.2. The fourth-order valence-electron chi connectivity index (χ4n) is 2.13. The van der Waals surface area contributed by atoms with Crippen LogP contribution in [-0.4, -0.2) is 24.8 Å². The zero-order valence-electron chi connectivity index (χ0n) is 12.3. The molecular formula is C16H25N3S. The van der Waals surface area contributed by atoms with Crippen molar-refractivity contribution in [2.45, 2.75) is 43.9 Å². The van der Waals surface area contributed by atoms with Crippen LogP contribution in [0.4, 0.5) is 5.69 Å². The molecule has 1 fully saturated rings. The van der Waals surface area contributed by atoms with Gasteiger partial charge in [0, 0.05) is 18.0 Å². The Morgan fingerprint density at radius 1 is 1.15 bits per heavy atom. The van der Waals surface area contributed by atoms with Crippen LogP contribution in [0.2, 0.25) is 0 Å². The van der Waals surface area contributed by atoms with Gasteiger partial charge in [0.25, 0.3) is 0 Å². The summed E-state index contributed by atoms with van der Waals surface area (Å²) in [5.74, 6) is 2.11. The van der Waals surface area contributed by atoms with E-state index in [9.17, 15) is 0 Å². The summed E-state index contributed by atoms with van der Waals surface area (Å²) < 4.78 is 0. The van der Waals surface area contributed by atoms with Crippen molar-refractivity contribution in [1.29, 1.82) is 0 Å². The van der Waals surface area contributed by atoms with E-state index in [1.807, 2.05) is 11.8 Å². The van der Waals surface area contributed by atoms with E-state index in [2.05, 4.69) is 46.8 Å². The Bertz CT molecular complexity index is 423. The van der Waals surface area contributed by atoms with Gasteiger partial charge in [-0.3, -0.25) is 0 Å². The molecule has 1 aromatic rings. The van der Waals surface area contributed by atoms with Gasteiger partial charge in [0.05, 0.1) is 5.69 Å². The molecule has 1 aromatic carbocycles. The van der Waals surface area contributed by atoms with Crippen LogP contribution < -0.4 is 10.6 Å². The average Bonchev–Trinajstić information content (AvgIpc) is 2.48. The molecule has 0 bridgehead atoms. The summed E-state index contributed by atoms with van der Waals surface area (Å²) in [6.45, 7) is 4.28. The van der Waals surface area contributed by atoms with Gasteiger partial charge < -0.3 is 10.6 Å². The predicted molar refractivity (Wildman–Crippen MR) is 89.0 cm³/mol. The van der Waals surface area contributed by atoms with Crippen molar-refractivity contribution in [3.05, 3.63) is 24.3 Å². The zero-order valence-corrected chi connectivity index (χ0v) is 13.1. The SMILES string of the molecule is CCCCCCSc1cccc(N=C2NCCCN2)c1. The number of guanidine groups is 1. The van der Waals surface area contributed by atoms with Crippen molar-refractivity contribution in [2.24, 2.45) is 4.99 Å². The first-order chi connectivity index (χ1) is 9.88. The van der Waals surface area contributed by atoms with E-state index in [4.69, 9.17) is 0 Å². The highest BCUT2D eigenvalue weighted by molar-refractivity contribution is 7.99. The Balaban J connectivity index is 1.84. The number of nitrogens with one attached hydrogen (secondary N) is 2. The molecule has 2 N–H and O–H groups in total. The fraction of sp³-hybridized carbons (Fsp3) is 0.562. The smallest absolute Gasteiger partial charge is 0.196 e. The van der Waals surface area contributed by atoms with Gasteiger partial charge in [0.1, 0.15) is 0 Å². The molecule has 0 aliphatic carbocycles. The van der Waals surface area contributed by atoms with Gasteiger partial charge in [-0.25, -0.2) is 4.99 Å². The topological polar surface area (TPSA) is 36.4 Å². The highest BCUT2D eigenvalue weighted by Crippen LogP contribution is 2.24. The van der Waals surface area contributed by atoms with E-state index in [0.29, 0.717) is 0 Å². The van der Waals surface area contributed by atoms with Crippen LogP contribution in [-0.2, 0) is 0 Å². The van der Waals surface area contributed by atoms with Crippen molar-refractivity contribution in [1.82, 2.24) is 10.6 Å². The minimum Gasteiger partial charge on any atom is -0.356 e. The third kappa shape index (κ3) is 5.45. The molecule has 1 saturated heterocycles. The van der Waals surface area contributed by atoms with E-state index in [0.717, 1.165) is 31.2 Å². The van der Waals surface area contributed by atoms with Crippen LogP contribution in [0.5, 0.6) is 0 Å². The quantitative estimate of drug-likeness (QED) is 0.590. The predicted octanol–water partition coefficient (Wildman–Crippen LogP) is 3.93. The summed E-state index contributed by atoms with van der Waals surface area (Å²) in [4.78, 5) is 5.94. The molecule has 3 nitrogen and oxygen atoms in total. The van der Waals surface area contributed by atoms with Crippen molar-refractivity contribution in [3.63, 3.8) is 0 Å². The summed E-state index contributed by atoms with van der Waals surface area (Å²) in [6, 6.07) is 8.51. The van der Waals surface area contributed by atoms with E-state index in [1.165, 1.54) is 36.3 Å². The van der Waals surface area contributed by atoms with Gasteiger partial charge in [0.15, 0.2) is 5.96 Å². The molecular weight excluding hydrogens is 266 g/mol. The van der Waals surface area contributed by atoms with Gasteiger partial charge in [-0.05, 0) is 36.8 Å². The van der Waals surface area contributed by atoms with E-state index < -0.39 is 0 Å². The molecule has 1 aliphatic heterocycles. The molecule has 0 saturated carbocycles. The summed E-state index contributed by atoms with van der Waals surface area (Å²) in [7, 11) is 0. The van der Waals surface area contributed by atoms with Gasteiger partial charge in [-0.2, -0.15) is 0 Å². The Morgan fingerprint density at radius 2 is 2.00 bits per heavy atom. The molecule has 20 heavy (non-hydrogen) atoms. The van der Waals surface area contributed by atoms with Gasteiger partial charge in [-0.1, -0.05) is 32.3 Å². The summed E-state index contributed by atoms with van der Waals surface area (Å²) in [6.07, 6.45) is 6.47.